The third kappa shape index (κ3) is 2.97. The Kier molecular flexibility index (Phi) is 4.32. The zero-order valence-electron chi connectivity index (χ0n) is 10.1. The molecule has 0 amide bonds. The molecule has 0 aliphatic rings. The van der Waals surface area contributed by atoms with Crippen LogP contribution in [0.3, 0.4) is 0 Å². The zero-order chi connectivity index (χ0) is 12.1. The Morgan fingerprint density at radius 3 is 2.69 bits per heavy atom. The average Bonchev–Trinajstić information content (AvgIpc) is 2.47. The Labute approximate surface area is 95.6 Å². The predicted molar refractivity (Wildman–Crippen MR) is 59.2 cm³/mol. The van der Waals surface area contributed by atoms with Crippen LogP contribution in [0.2, 0.25) is 0 Å². The molecular weight excluding hydrogens is 206 g/mol. The lowest BCUT2D eigenvalue weighted by molar-refractivity contribution is 0.0532. The van der Waals surface area contributed by atoms with Crippen molar-refractivity contribution in [1.29, 1.82) is 5.26 Å². The van der Waals surface area contributed by atoms with E-state index in [0.29, 0.717) is 30.4 Å². The fraction of sp³-hybridized carbons (Fsp3) is 0.636. The SMILES string of the molecule is Cc1nn(C)c(OCCOC(C)C)c1C#N. The van der Waals surface area contributed by atoms with Gasteiger partial charge < -0.3 is 9.47 Å². The third-order valence-corrected chi connectivity index (χ3v) is 2.05. The Morgan fingerprint density at radius 2 is 2.12 bits per heavy atom. The quantitative estimate of drug-likeness (QED) is 0.708. The molecule has 0 aliphatic heterocycles. The Morgan fingerprint density at radius 1 is 1.44 bits per heavy atom. The molecule has 1 aromatic heterocycles. The summed E-state index contributed by atoms with van der Waals surface area (Å²) in [6.45, 7) is 6.65. The number of rotatable bonds is 5. The first kappa shape index (κ1) is 12.5. The number of aryl methyl sites for hydroxylation is 2. The number of hydrogen-bond donors (Lipinski definition) is 0. The lowest BCUT2D eigenvalue weighted by Crippen LogP contribution is -2.13. The monoisotopic (exact) mass is 223 g/mol. The lowest BCUT2D eigenvalue weighted by Gasteiger charge is -2.09. The normalized spacial score (nSPS) is 10.5. The van der Waals surface area contributed by atoms with Gasteiger partial charge in [-0.2, -0.15) is 10.4 Å². The minimum absolute atomic E-state index is 0.187. The molecule has 1 heterocycles. The van der Waals surface area contributed by atoms with E-state index in [-0.39, 0.29) is 6.10 Å². The molecule has 0 N–H and O–H groups in total. The van der Waals surface area contributed by atoms with Gasteiger partial charge >= 0.3 is 0 Å². The second kappa shape index (κ2) is 5.52. The van der Waals surface area contributed by atoms with Gasteiger partial charge in [0.1, 0.15) is 18.2 Å². The predicted octanol–water partition coefficient (Wildman–Crippen LogP) is 1.40. The van der Waals surface area contributed by atoms with Crippen LogP contribution in [0.25, 0.3) is 0 Å². The molecule has 88 valence electrons. The molecule has 0 bridgehead atoms. The standard InChI is InChI=1S/C11H17N3O2/c1-8(2)15-5-6-16-11-10(7-12)9(3)13-14(11)4/h8H,5-6H2,1-4H3. The van der Waals surface area contributed by atoms with Crippen molar-refractivity contribution in [3.63, 3.8) is 0 Å². The minimum atomic E-state index is 0.187. The zero-order valence-corrected chi connectivity index (χ0v) is 10.1. The van der Waals surface area contributed by atoms with Crippen molar-refractivity contribution >= 4 is 0 Å². The van der Waals surface area contributed by atoms with E-state index < -0.39 is 0 Å². The van der Waals surface area contributed by atoms with Crippen LogP contribution in [0.4, 0.5) is 0 Å². The van der Waals surface area contributed by atoms with Gasteiger partial charge in [0.15, 0.2) is 0 Å². The molecule has 0 atom stereocenters. The molecule has 0 aliphatic carbocycles. The fourth-order valence-electron chi connectivity index (χ4n) is 1.35. The van der Waals surface area contributed by atoms with Gasteiger partial charge in [0, 0.05) is 7.05 Å². The number of nitriles is 1. The molecule has 0 saturated heterocycles. The Balaban J connectivity index is 2.57. The van der Waals surface area contributed by atoms with Crippen molar-refractivity contribution in [1.82, 2.24) is 9.78 Å². The highest BCUT2D eigenvalue weighted by molar-refractivity contribution is 5.41. The molecule has 0 aromatic carbocycles. The molecule has 1 aromatic rings. The summed E-state index contributed by atoms with van der Waals surface area (Å²) in [6, 6.07) is 2.09. The third-order valence-electron chi connectivity index (χ3n) is 2.05. The van der Waals surface area contributed by atoms with Crippen LogP contribution < -0.4 is 4.74 Å². The van der Waals surface area contributed by atoms with Crippen LogP contribution in [-0.4, -0.2) is 29.1 Å². The van der Waals surface area contributed by atoms with Crippen LogP contribution in [0.1, 0.15) is 25.1 Å². The summed E-state index contributed by atoms with van der Waals surface area (Å²) in [7, 11) is 1.76. The van der Waals surface area contributed by atoms with Crippen molar-refractivity contribution in [3.8, 4) is 11.9 Å². The van der Waals surface area contributed by atoms with Gasteiger partial charge in [-0.3, -0.25) is 0 Å². The van der Waals surface area contributed by atoms with Gasteiger partial charge in [0.2, 0.25) is 5.88 Å². The minimum Gasteiger partial charge on any atom is -0.474 e. The van der Waals surface area contributed by atoms with Crippen LogP contribution in [0, 0.1) is 18.3 Å². The van der Waals surface area contributed by atoms with Crippen molar-refractivity contribution in [2.75, 3.05) is 13.2 Å². The van der Waals surface area contributed by atoms with Crippen LogP contribution >= 0.6 is 0 Å². The summed E-state index contributed by atoms with van der Waals surface area (Å²) in [4.78, 5) is 0. The molecule has 0 saturated carbocycles. The van der Waals surface area contributed by atoms with Crippen molar-refractivity contribution in [2.45, 2.75) is 26.9 Å². The second-order valence-corrected chi connectivity index (χ2v) is 3.77. The van der Waals surface area contributed by atoms with E-state index in [0.717, 1.165) is 0 Å². The summed E-state index contributed by atoms with van der Waals surface area (Å²) in [5.74, 6) is 0.507. The molecule has 5 nitrogen and oxygen atoms in total. The van der Waals surface area contributed by atoms with Gasteiger partial charge in [-0.25, -0.2) is 4.68 Å². The fourth-order valence-corrected chi connectivity index (χ4v) is 1.35. The van der Waals surface area contributed by atoms with E-state index >= 15 is 0 Å². The van der Waals surface area contributed by atoms with E-state index in [1.54, 1.807) is 18.7 Å². The topological polar surface area (TPSA) is 60.1 Å². The highest BCUT2D eigenvalue weighted by Crippen LogP contribution is 2.19. The summed E-state index contributed by atoms with van der Waals surface area (Å²) in [5.41, 5.74) is 1.18. The summed E-state index contributed by atoms with van der Waals surface area (Å²) in [5, 5.41) is 13.1. The van der Waals surface area contributed by atoms with Crippen LogP contribution in [0.5, 0.6) is 5.88 Å². The first-order valence-corrected chi connectivity index (χ1v) is 5.24. The molecular formula is C11H17N3O2. The van der Waals surface area contributed by atoms with Gasteiger partial charge in [-0.05, 0) is 20.8 Å². The molecule has 1 rings (SSSR count). The van der Waals surface area contributed by atoms with E-state index in [1.165, 1.54) is 0 Å². The number of aromatic nitrogens is 2. The maximum atomic E-state index is 8.94. The van der Waals surface area contributed by atoms with Crippen molar-refractivity contribution in [2.24, 2.45) is 7.05 Å². The van der Waals surface area contributed by atoms with E-state index in [2.05, 4.69) is 11.2 Å². The summed E-state index contributed by atoms with van der Waals surface area (Å²) in [6.07, 6.45) is 0.187. The average molecular weight is 223 g/mol. The van der Waals surface area contributed by atoms with E-state index in [1.807, 2.05) is 13.8 Å². The number of nitrogens with zero attached hydrogens (tertiary/aromatic N) is 3. The number of ether oxygens (including phenoxy) is 2. The van der Waals surface area contributed by atoms with Gasteiger partial charge in [0.05, 0.1) is 18.4 Å². The van der Waals surface area contributed by atoms with Crippen LogP contribution in [-0.2, 0) is 11.8 Å². The maximum absolute atomic E-state index is 8.94. The van der Waals surface area contributed by atoms with E-state index in [9.17, 15) is 0 Å². The first-order chi connectivity index (χ1) is 7.56. The maximum Gasteiger partial charge on any atom is 0.230 e. The molecule has 5 heteroatoms. The van der Waals surface area contributed by atoms with Gasteiger partial charge in [-0.15, -0.1) is 0 Å². The second-order valence-electron chi connectivity index (χ2n) is 3.77. The highest BCUT2D eigenvalue weighted by Gasteiger charge is 2.13. The van der Waals surface area contributed by atoms with Gasteiger partial charge in [0.25, 0.3) is 0 Å². The Hall–Kier alpha value is -1.54. The largest absolute Gasteiger partial charge is 0.474 e. The van der Waals surface area contributed by atoms with Crippen molar-refractivity contribution in [3.05, 3.63) is 11.3 Å². The molecule has 0 radical (unpaired) electrons. The molecule has 16 heavy (non-hydrogen) atoms. The summed E-state index contributed by atoms with van der Waals surface area (Å²) < 4.78 is 12.4. The number of hydrogen-bond acceptors (Lipinski definition) is 4. The van der Waals surface area contributed by atoms with Crippen LogP contribution in [0.15, 0.2) is 0 Å². The van der Waals surface area contributed by atoms with Crippen molar-refractivity contribution < 1.29 is 9.47 Å². The first-order valence-electron chi connectivity index (χ1n) is 5.24. The molecule has 0 fully saturated rings. The van der Waals surface area contributed by atoms with E-state index in [4.69, 9.17) is 14.7 Å². The highest BCUT2D eigenvalue weighted by atomic mass is 16.5. The lowest BCUT2D eigenvalue weighted by atomic mass is 10.3. The molecule has 0 unspecified atom stereocenters. The van der Waals surface area contributed by atoms with Gasteiger partial charge in [-0.1, -0.05) is 0 Å². The summed E-state index contributed by atoms with van der Waals surface area (Å²) >= 11 is 0. The molecule has 0 spiro atoms. The Bertz CT molecular complexity index is 391. The smallest absolute Gasteiger partial charge is 0.230 e.